The second-order valence-corrected chi connectivity index (χ2v) is 4.77. The van der Waals surface area contributed by atoms with Crippen LogP contribution >= 0.6 is 11.6 Å². The first-order chi connectivity index (χ1) is 10.1. The Hall–Kier alpha value is -2.04. The highest BCUT2D eigenvalue weighted by molar-refractivity contribution is 6.31. The van der Waals surface area contributed by atoms with Gasteiger partial charge in [-0.05, 0) is 24.3 Å². The normalized spacial score (nSPS) is 10.4. The maximum atomic E-state index is 11.4. The molecule has 0 fully saturated rings. The molecule has 2 rings (SSSR count). The van der Waals surface area contributed by atoms with Gasteiger partial charge < -0.3 is 14.6 Å². The number of rotatable bonds is 6. The van der Waals surface area contributed by atoms with Crippen molar-refractivity contribution in [2.75, 3.05) is 20.3 Å². The first kappa shape index (κ1) is 15.4. The zero-order chi connectivity index (χ0) is 15.2. The van der Waals surface area contributed by atoms with Crippen LogP contribution in [0.4, 0.5) is 0 Å². The number of benzene rings is 2. The molecule has 2 aromatic carbocycles. The number of halogens is 1. The van der Waals surface area contributed by atoms with Gasteiger partial charge in [0.1, 0.15) is 12.4 Å². The van der Waals surface area contributed by atoms with Crippen molar-refractivity contribution < 1.29 is 19.4 Å². The summed E-state index contributed by atoms with van der Waals surface area (Å²) in [7, 11) is 1.59. The van der Waals surface area contributed by atoms with Crippen molar-refractivity contribution >= 4 is 17.6 Å². The summed E-state index contributed by atoms with van der Waals surface area (Å²) >= 11 is 6.00. The predicted octanol–water partition coefficient (Wildman–Crippen LogP) is 3.73. The highest BCUT2D eigenvalue weighted by atomic mass is 35.5. The number of para-hydroxylation sites is 1. The fraction of sp³-hybridized carbons (Fsp3) is 0.188. The van der Waals surface area contributed by atoms with E-state index in [-0.39, 0.29) is 5.56 Å². The molecule has 0 aliphatic heterocycles. The van der Waals surface area contributed by atoms with Gasteiger partial charge in [0.05, 0.1) is 12.2 Å². The Bertz CT molecular complexity index is 640. The zero-order valence-electron chi connectivity index (χ0n) is 11.5. The van der Waals surface area contributed by atoms with Gasteiger partial charge in [0, 0.05) is 23.3 Å². The van der Waals surface area contributed by atoms with Crippen LogP contribution in [0, 0.1) is 0 Å². The van der Waals surface area contributed by atoms with Crippen LogP contribution in [0.5, 0.6) is 5.75 Å². The highest BCUT2D eigenvalue weighted by Gasteiger charge is 2.15. The Morgan fingerprint density at radius 3 is 2.62 bits per heavy atom. The van der Waals surface area contributed by atoms with Crippen LogP contribution in [0.3, 0.4) is 0 Å². The van der Waals surface area contributed by atoms with E-state index < -0.39 is 5.97 Å². The highest BCUT2D eigenvalue weighted by Crippen LogP contribution is 2.34. The number of carboxylic acids is 1. The molecule has 5 heteroatoms. The van der Waals surface area contributed by atoms with Crippen LogP contribution in [0.25, 0.3) is 11.1 Å². The van der Waals surface area contributed by atoms with Crippen LogP contribution < -0.4 is 4.74 Å². The van der Waals surface area contributed by atoms with Gasteiger partial charge in [-0.25, -0.2) is 4.79 Å². The fourth-order valence-corrected chi connectivity index (χ4v) is 2.15. The standard InChI is InChI=1S/C16H15ClO4/c1-20-8-9-21-15-5-3-2-4-12(15)14-10-11(17)6-7-13(14)16(18)19/h2-7,10H,8-9H2,1H3,(H,18,19). The molecule has 0 aliphatic carbocycles. The van der Waals surface area contributed by atoms with E-state index in [2.05, 4.69) is 0 Å². The van der Waals surface area contributed by atoms with Crippen LogP contribution in [-0.4, -0.2) is 31.4 Å². The molecule has 110 valence electrons. The minimum Gasteiger partial charge on any atom is -0.491 e. The molecular formula is C16H15ClO4. The van der Waals surface area contributed by atoms with E-state index in [0.717, 1.165) is 0 Å². The Morgan fingerprint density at radius 2 is 1.90 bits per heavy atom. The maximum absolute atomic E-state index is 11.4. The molecule has 0 spiro atoms. The number of aromatic carboxylic acids is 1. The average molecular weight is 307 g/mol. The van der Waals surface area contributed by atoms with E-state index in [1.807, 2.05) is 12.1 Å². The summed E-state index contributed by atoms with van der Waals surface area (Å²) in [4.78, 5) is 11.4. The van der Waals surface area contributed by atoms with Gasteiger partial charge in [0.2, 0.25) is 0 Å². The van der Waals surface area contributed by atoms with Crippen LogP contribution in [-0.2, 0) is 4.74 Å². The van der Waals surface area contributed by atoms with E-state index in [0.29, 0.717) is 35.1 Å². The maximum Gasteiger partial charge on any atom is 0.336 e. The number of carbonyl (C=O) groups is 1. The molecule has 0 saturated heterocycles. The largest absolute Gasteiger partial charge is 0.491 e. The summed E-state index contributed by atoms with van der Waals surface area (Å²) < 4.78 is 10.6. The van der Waals surface area contributed by atoms with Crippen LogP contribution in [0.15, 0.2) is 42.5 Å². The Kier molecular flexibility index (Phi) is 5.20. The number of hydrogen-bond acceptors (Lipinski definition) is 3. The summed E-state index contributed by atoms with van der Waals surface area (Å²) in [6.07, 6.45) is 0. The van der Waals surface area contributed by atoms with Crippen molar-refractivity contribution in [1.29, 1.82) is 0 Å². The molecule has 0 bridgehead atoms. The van der Waals surface area contributed by atoms with E-state index >= 15 is 0 Å². The van der Waals surface area contributed by atoms with Gasteiger partial charge >= 0.3 is 5.97 Å². The molecule has 2 aromatic rings. The molecule has 0 atom stereocenters. The van der Waals surface area contributed by atoms with E-state index in [1.54, 1.807) is 31.4 Å². The Morgan fingerprint density at radius 1 is 1.14 bits per heavy atom. The van der Waals surface area contributed by atoms with Crippen molar-refractivity contribution in [2.45, 2.75) is 0 Å². The summed E-state index contributed by atoms with van der Waals surface area (Å²) in [5.74, 6) is -0.410. The van der Waals surface area contributed by atoms with Gasteiger partial charge in [-0.1, -0.05) is 29.8 Å². The molecule has 1 N–H and O–H groups in total. The lowest BCUT2D eigenvalue weighted by Crippen LogP contribution is -2.06. The minimum absolute atomic E-state index is 0.183. The summed E-state index contributed by atoms with van der Waals surface area (Å²) in [6, 6.07) is 11.9. The molecule has 0 amide bonds. The number of carboxylic acid groups (broad SMARTS) is 1. The first-order valence-electron chi connectivity index (χ1n) is 6.37. The molecule has 0 saturated carbocycles. The molecule has 0 radical (unpaired) electrons. The SMILES string of the molecule is COCCOc1ccccc1-c1cc(Cl)ccc1C(=O)O. The van der Waals surface area contributed by atoms with Crippen molar-refractivity contribution in [2.24, 2.45) is 0 Å². The third-order valence-electron chi connectivity index (χ3n) is 2.93. The molecule has 0 aromatic heterocycles. The third kappa shape index (κ3) is 3.74. The average Bonchev–Trinajstić information content (AvgIpc) is 2.47. The van der Waals surface area contributed by atoms with Gasteiger partial charge in [-0.2, -0.15) is 0 Å². The first-order valence-corrected chi connectivity index (χ1v) is 6.75. The van der Waals surface area contributed by atoms with Gasteiger partial charge in [-0.15, -0.1) is 0 Å². The van der Waals surface area contributed by atoms with Crippen molar-refractivity contribution in [3.05, 3.63) is 53.1 Å². The van der Waals surface area contributed by atoms with Crippen molar-refractivity contribution in [1.82, 2.24) is 0 Å². The molecule has 0 unspecified atom stereocenters. The summed E-state index contributed by atoms with van der Waals surface area (Å²) in [6.45, 7) is 0.839. The number of methoxy groups -OCH3 is 1. The van der Waals surface area contributed by atoms with E-state index in [9.17, 15) is 9.90 Å². The Balaban J connectivity index is 2.46. The fourth-order valence-electron chi connectivity index (χ4n) is 1.98. The lowest BCUT2D eigenvalue weighted by Gasteiger charge is -2.13. The monoisotopic (exact) mass is 306 g/mol. The Labute approximate surface area is 127 Å². The van der Waals surface area contributed by atoms with E-state index in [1.165, 1.54) is 6.07 Å². The number of ether oxygens (including phenoxy) is 2. The lowest BCUT2D eigenvalue weighted by atomic mass is 9.99. The van der Waals surface area contributed by atoms with Gasteiger partial charge in [0.15, 0.2) is 0 Å². The number of hydrogen-bond donors (Lipinski definition) is 1. The van der Waals surface area contributed by atoms with E-state index in [4.69, 9.17) is 21.1 Å². The predicted molar refractivity (Wildman–Crippen MR) is 81.2 cm³/mol. The summed E-state index contributed by atoms with van der Waals surface area (Å²) in [5, 5.41) is 9.79. The van der Waals surface area contributed by atoms with Gasteiger partial charge in [-0.3, -0.25) is 0 Å². The van der Waals surface area contributed by atoms with Crippen molar-refractivity contribution in [3.63, 3.8) is 0 Å². The second kappa shape index (κ2) is 7.11. The smallest absolute Gasteiger partial charge is 0.336 e. The third-order valence-corrected chi connectivity index (χ3v) is 3.17. The summed E-state index contributed by atoms with van der Waals surface area (Å²) in [5.41, 5.74) is 1.40. The molecule has 0 aliphatic rings. The minimum atomic E-state index is -1.01. The van der Waals surface area contributed by atoms with Crippen LogP contribution in [0.1, 0.15) is 10.4 Å². The second-order valence-electron chi connectivity index (χ2n) is 4.33. The molecular weight excluding hydrogens is 292 g/mol. The lowest BCUT2D eigenvalue weighted by molar-refractivity contribution is 0.0697. The topological polar surface area (TPSA) is 55.8 Å². The van der Waals surface area contributed by atoms with Crippen molar-refractivity contribution in [3.8, 4) is 16.9 Å². The molecule has 0 heterocycles. The van der Waals surface area contributed by atoms with Crippen LogP contribution in [0.2, 0.25) is 5.02 Å². The van der Waals surface area contributed by atoms with Gasteiger partial charge in [0.25, 0.3) is 0 Å². The molecule has 21 heavy (non-hydrogen) atoms. The quantitative estimate of drug-likeness (QED) is 0.826. The zero-order valence-corrected chi connectivity index (χ0v) is 12.3. The molecule has 4 nitrogen and oxygen atoms in total.